The van der Waals surface area contributed by atoms with E-state index in [2.05, 4.69) is 0 Å². The van der Waals surface area contributed by atoms with Crippen LogP contribution < -0.4 is 11.3 Å². The predicted octanol–water partition coefficient (Wildman–Crippen LogP) is 2.92. The van der Waals surface area contributed by atoms with Crippen LogP contribution in [0.2, 0.25) is 5.02 Å². The first-order valence-electron chi connectivity index (χ1n) is 7.17. The number of aryl methyl sites for hydroxylation is 1. The van der Waals surface area contributed by atoms with Crippen molar-refractivity contribution in [2.75, 3.05) is 5.73 Å². The number of nitrogens with two attached hydrogens (primary N) is 1. The van der Waals surface area contributed by atoms with Crippen LogP contribution in [0.3, 0.4) is 0 Å². The summed E-state index contributed by atoms with van der Waals surface area (Å²) in [4.78, 5) is 12.5. The Balaban J connectivity index is 2.23. The number of hydrogen-bond donors (Lipinski definition) is 1. The minimum Gasteiger partial charge on any atom is -0.399 e. The molecule has 0 amide bonds. The summed E-state index contributed by atoms with van der Waals surface area (Å²) in [5, 5.41) is 1.16. The highest BCUT2D eigenvalue weighted by Gasteiger charge is 2.20. The first-order valence-corrected chi connectivity index (χ1v) is 9.16. The highest BCUT2D eigenvalue weighted by molar-refractivity contribution is 7.89. The number of nitrogens with zero attached hydrogens (tertiary/aromatic N) is 1. The van der Waals surface area contributed by atoms with Gasteiger partial charge in [0.05, 0.1) is 11.3 Å². The zero-order valence-electron chi connectivity index (χ0n) is 12.9. The largest absolute Gasteiger partial charge is 0.399 e. The third-order valence-corrected chi connectivity index (χ3v) is 5.58. The number of rotatable bonds is 3. The van der Waals surface area contributed by atoms with Crippen LogP contribution in [0.1, 0.15) is 11.1 Å². The van der Waals surface area contributed by atoms with E-state index < -0.39 is 15.6 Å². The van der Waals surface area contributed by atoms with Gasteiger partial charge in [0.25, 0.3) is 5.56 Å². The summed E-state index contributed by atoms with van der Waals surface area (Å²) >= 11 is 5.82. The minimum atomic E-state index is -3.92. The fourth-order valence-electron chi connectivity index (χ4n) is 2.56. The average Bonchev–Trinajstić information content (AvgIpc) is 2.51. The quantitative estimate of drug-likeness (QED) is 0.726. The van der Waals surface area contributed by atoms with Gasteiger partial charge in [0, 0.05) is 16.3 Å². The molecule has 0 radical (unpaired) electrons. The topological polar surface area (TPSA) is 82.2 Å². The zero-order chi connectivity index (χ0) is 17.5. The predicted molar refractivity (Wildman–Crippen MR) is 96.8 cm³/mol. The number of halogens is 1. The standard InChI is InChI=1S/C17H15ClN2O3S/c1-11-8-13-4-7-15(19)9-16(13)20(17(11)21)24(22,23)10-12-2-5-14(18)6-3-12/h2-9H,10,19H2,1H3. The van der Waals surface area contributed by atoms with E-state index in [-0.39, 0.29) is 11.3 Å². The van der Waals surface area contributed by atoms with Gasteiger partial charge >= 0.3 is 0 Å². The summed E-state index contributed by atoms with van der Waals surface area (Å²) in [7, 11) is -3.92. The molecule has 0 bridgehead atoms. The molecule has 0 aliphatic carbocycles. The number of fused-ring (bicyclic) bond motifs is 1. The van der Waals surface area contributed by atoms with E-state index in [0.717, 1.165) is 3.97 Å². The number of anilines is 1. The zero-order valence-corrected chi connectivity index (χ0v) is 14.4. The molecule has 0 spiro atoms. The second-order valence-electron chi connectivity index (χ2n) is 5.60. The van der Waals surface area contributed by atoms with Crippen molar-refractivity contribution in [2.45, 2.75) is 12.7 Å². The van der Waals surface area contributed by atoms with Crippen molar-refractivity contribution >= 4 is 38.2 Å². The fourth-order valence-corrected chi connectivity index (χ4v) is 4.28. The van der Waals surface area contributed by atoms with Gasteiger partial charge in [0.15, 0.2) is 0 Å². The second kappa shape index (κ2) is 5.96. The third-order valence-electron chi connectivity index (χ3n) is 3.71. The van der Waals surface area contributed by atoms with Gasteiger partial charge in [0.1, 0.15) is 0 Å². The number of aromatic nitrogens is 1. The van der Waals surface area contributed by atoms with Crippen LogP contribution >= 0.6 is 11.6 Å². The lowest BCUT2D eigenvalue weighted by Gasteiger charge is -2.13. The number of nitrogen functional groups attached to an aromatic ring is 1. The molecule has 1 aromatic heterocycles. The maximum absolute atomic E-state index is 12.9. The Hall–Kier alpha value is -2.31. The van der Waals surface area contributed by atoms with E-state index in [0.29, 0.717) is 27.2 Å². The number of pyridine rings is 1. The third kappa shape index (κ3) is 3.02. The van der Waals surface area contributed by atoms with Gasteiger partial charge < -0.3 is 5.73 Å². The summed E-state index contributed by atoms with van der Waals surface area (Å²) in [6, 6.07) is 13.0. The molecule has 1 heterocycles. The summed E-state index contributed by atoms with van der Waals surface area (Å²) in [6.07, 6.45) is 0. The number of hydrogen-bond acceptors (Lipinski definition) is 4. The first-order chi connectivity index (χ1) is 11.3. The summed E-state index contributed by atoms with van der Waals surface area (Å²) in [6.45, 7) is 1.59. The Kier molecular flexibility index (Phi) is 4.11. The van der Waals surface area contributed by atoms with E-state index in [4.69, 9.17) is 17.3 Å². The summed E-state index contributed by atoms with van der Waals surface area (Å²) < 4.78 is 26.6. The summed E-state index contributed by atoms with van der Waals surface area (Å²) in [5.74, 6) is -0.308. The molecule has 124 valence electrons. The lowest BCUT2D eigenvalue weighted by Crippen LogP contribution is -2.30. The SMILES string of the molecule is Cc1cc2ccc(N)cc2n(S(=O)(=O)Cc2ccc(Cl)cc2)c1=O. The van der Waals surface area contributed by atoms with Crippen LogP contribution in [-0.4, -0.2) is 12.4 Å². The molecule has 0 unspecified atom stereocenters. The Morgan fingerprint density at radius 3 is 2.42 bits per heavy atom. The molecule has 24 heavy (non-hydrogen) atoms. The van der Waals surface area contributed by atoms with Crippen LogP contribution in [0.15, 0.2) is 53.3 Å². The Bertz CT molecular complexity index is 1090. The monoisotopic (exact) mass is 362 g/mol. The van der Waals surface area contributed by atoms with Crippen molar-refractivity contribution in [3.05, 3.63) is 75.0 Å². The molecular weight excluding hydrogens is 348 g/mol. The van der Waals surface area contributed by atoms with Gasteiger partial charge in [-0.2, -0.15) is 0 Å². The van der Waals surface area contributed by atoms with Crippen LogP contribution in [-0.2, 0) is 15.8 Å². The molecule has 2 aromatic carbocycles. The molecule has 5 nitrogen and oxygen atoms in total. The Morgan fingerprint density at radius 2 is 1.75 bits per heavy atom. The van der Waals surface area contributed by atoms with E-state index >= 15 is 0 Å². The first kappa shape index (κ1) is 16.5. The molecule has 3 aromatic rings. The fraction of sp³-hybridized carbons (Fsp3) is 0.118. The highest BCUT2D eigenvalue weighted by atomic mass is 35.5. The smallest absolute Gasteiger partial charge is 0.267 e. The van der Waals surface area contributed by atoms with Gasteiger partial charge in [0.2, 0.25) is 10.0 Å². The molecule has 0 saturated carbocycles. The van der Waals surface area contributed by atoms with E-state index in [1.54, 1.807) is 49.4 Å². The molecule has 0 fully saturated rings. The molecule has 0 aliphatic heterocycles. The summed E-state index contributed by atoms with van der Waals surface area (Å²) in [5.41, 5.74) is 6.77. The average molecular weight is 363 g/mol. The van der Waals surface area contributed by atoms with E-state index in [1.807, 2.05) is 0 Å². The molecule has 0 atom stereocenters. The normalized spacial score (nSPS) is 11.8. The minimum absolute atomic E-state index is 0.277. The van der Waals surface area contributed by atoms with Gasteiger partial charge in [-0.05, 0) is 48.2 Å². The van der Waals surface area contributed by atoms with Crippen LogP contribution in [0.5, 0.6) is 0 Å². The van der Waals surface area contributed by atoms with Crippen molar-refractivity contribution in [1.82, 2.24) is 3.97 Å². The van der Waals surface area contributed by atoms with Gasteiger partial charge in [-0.3, -0.25) is 4.79 Å². The van der Waals surface area contributed by atoms with Crippen molar-refractivity contribution < 1.29 is 8.42 Å². The van der Waals surface area contributed by atoms with Crippen molar-refractivity contribution in [3.63, 3.8) is 0 Å². The highest BCUT2D eigenvalue weighted by Crippen LogP contribution is 2.20. The van der Waals surface area contributed by atoms with Crippen LogP contribution in [0.4, 0.5) is 5.69 Å². The molecule has 3 rings (SSSR count). The molecular formula is C17H15ClN2O3S. The molecule has 7 heteroatoms. The number of benzene rings is 2. The Morgan fingerprint density at radius 1 is 1.08 bits per heavy atom. The van der Waals surface area contributed by atoms with E-state index in [9.17, 15) is 13.2 Å². The molecule has 2 N–H and O–H groups in total. The van der Waals surface area contributed by atoms with Gasteiger partial charge in [-0.15, -0.1) is 0 Å². The maximum atomic E-state index is 12.9. The second-order valence-corrected chi connectivity index (χ2v) is 7.85. The maximum Gasteiger partial charge on any atom is 0.267 e. The van der Waals surface area contributed by atoms with E-state index in [1.165, 1.54) is 6.07 Å². The molecule has 0 saturated heterocycles. The molecule has 0 aliphatic rings. The lowest BCUT2D eigenvalue weighted by molar-refractivity contribution is 0.586. The lowest BCUT2D eigenvalue weighted by atomic mass is 10.1. The Labute approximate surface area is 144 Å². The van der Waals surface area contributed by atoms with Crippen molar-refractivity contribution in [2.24, 2.45) is 0 Å². The van der Waals surface area contributed by atoms with Gasteiger partial charge in [-0.1, -0.05) is 29.8 Å². The van der Waals surface area contributed by atoms with Crippen LogP contribution in [0.25, 0.3) is 10.9 Å². The van der Waals surface area contributed by atoms with Crippen molar-refractivity contribution in [1.29, 1.82) is 0 Å². The van der Waals surface area contributed by atoms with Crippen molar-refractivity contribution in [3.8, 4) is 0 Å². The van der Waals surface area contributed by atoms with Crippen LogP contribution in [0, 0.1) is 6.92 Å². The van der Waals surface area contributed by atoms with Gasteiger partial charge in [-0.25, -0.2) is 12.4 Å².